The number of hydrogen-bond donors (Lipinski definition) is 1. The maximum Gasteiger partial charge on any atom is 0.336 e. The molecule has 0 heterocycles. The number of benzene rings is 2. The summed E-state index contributed by atoms with van der Waals surface area (Å²) in [6.07, 6.45) is 1.01. The van der Waals surface area contributed by atoms with E-state index >= 15 is 0 Å². The number of Topliss-reactive ketones (excluding diaryl/α,β-unsaturated/α-hetero) is 1. The number of aromatic carboxylic acids is 1. The van der Waals surface area contributed by atoms with Crippen LogP contribution in [-0.4, -0.2) is 23.5 Å². The number of carboxylic acid groups (broad SMARTS) is 1. The van der Waals surface area contributed by atoms with Gasteiger partial charge in [0.2, 0.25) is 0 Å². The van der Waals surface area contributed by atoms with Crippen molar-refractivity contribution in [1.29, 1.82) is 0 Å². The van der Waals surface area contributed by atoms with Gasteiger partial charge in [-0.25, -0.2) is 4.79 Å². The first-order valence-electron chi connectivity index (χ1n) is 8.17. The molecular weight excluding hydrogens is 384 g/mol. The molecule has 1 N–H and O–H groups in total. The SMILES string of the molecule is CCC(C)c1ccccc1OCC(=O)Cc1ccc(Br)cc1C(=O)O. The van der Waals surface area contributed by atoms with Gasteiger partial charge in [-0.05, 0) is 41.7 Å². The summed E-state index contributed by atoms with van der Waals surface area (Å²) in [6.45, 7) is 4.14. The molecule has 2 aromatic rings. The Morgan fingerprint density at radius 1 is 1.20 bits per heavy atom. The Hall–Kier alpha value is -2.14. The maximum atomic E-state index is 12.3. The molecule has 0 saturated heterocycles. The van der Waals surface area contributed by atoms with E-state index in [4.69, 9.17) is 4.74 Å². The van der Waals surface area contributed by atoms with Crippen molar-refractivity contribution in [2.24, 2.45) is 0 Å². The molecule has 0 bridgehead atoms. The number of carboxylic acids is 1. The lowest BCUT2D eigenvalue weighted by Gasteiger charge is -2.15. The van der Waals surface area contributed by atoms with Gasteiger partial charge in [0, 0.05) is 10.9 Å². The van der Waals surface area contributed by atoms with Crippen molar-refractivity contribution in [2.75, 3.05) is 6.61 Å². The van der Waals surface area contributed by atoms with Crippen LogP contribution in [0.1, 0.15) is 47.7 Å². The van der Waals surface area contributed by atoms with Gasteiger partial charge in [0.25, 0.3) is 0 Å². The van der Waals surface area contributed by atoms with Gasteiger partial charge >= 0.3 is 5.97 Å². The zero-order valence-corrected chi connectivity index (χ0v) is 15.9. The number of hydrogen-bond acceptors (Lipinski definition) is 3. The number of ether oxygens (including phenoxy) is 1. The van der Waals surface area contributed by atoms with Crippen molar-refractivity contribution >= 4 is 27.7 Å². The predicted octanol–water partition coefficient (Wildman–Crippen LogP) is 4.85. The second kappa shape index (κ2) is 8.81. The molecule has 1 unspecified atom stereocenters. The van der Waals surface area contributed by atoms with Crippen molar-refractivity contribution in [3.63, 3.8) is 0 Å². The highest BCUT2D eigenvalue weighted by atomic mass is 79.9. The van der Waals surface area contributed by atoms with Gasteiger partial charge in [-0.2, -0.15) is 0 Å². The number of rotatable bonds is 8. The zero-order chi connectivity index (χ0) is 18.4. The van der Waals surface area contributed by atoms with Crippen molar-refractivity contribution in [3.05, 3.63) is 63.6 Å². The maximum absolute atomic E-state index is 12.3. The minimum atomic E-state index is -1.05. The van der Waals surface area contributed by atoms with E-state index in [0.717, 1.165) is 12.0 Å². The zero-order valence-electron chi connectivity index (χ0n) is 14.3. The van der Waals surface area contributed by atoms with Crippen molar-refractivity contribution in [1.82, 2.24) is 0 Å². The third-order valence-electron chi connectivity index (χ3n) is 4.14. The van der Waals surface area contributed by atoms with Crippen LogP contribution in [0.2, 0.25) is 0 Å². The second-order valence-electron chi connectivity index (χ2n) is 5.96. The molecule has 2 rings (SSSR count). The molecule has 1 atom stereocenters. The fourth-order valence-corrected chi connectivity index (χ4v) is 2.92. The van der Waals surface area contributed by atoms with E-state index in [1.165, 1.54) is 6.07 Å². The Bertz CT molecular complexity index is 770. The van der Waals surface area contributed by atoms with Gasteiger partial charge in [-0.1, -0.05) is 54.0 Å². The first-order chi connectivity index (χ1) is 11.9. The predicted molar refractivity (Wildman–Crippen MR) is 100 cm³/mol. The van der Waals surface area contributed by atoms with Crippen LogP contribution in [0.15, 0.2) is 46.9 Å². The van der Waals surface area contributed by atoms with E-state index in [2.05, 4.69) is 29.8 Å². The highest BCUT2D eigenvalue weighted by Crippen LogP contribution is 2.28. The Kier molecular flexibility index (Phi) is 6.76. The Morgan fingerprint density at radius 2 is 1.92 bits per heavy atom. The first-order valence-corrected chi connectivity index (χ1v) is 8.96. The molecule has 5 heteroatoms. The van der Waals surface area contributed by atoms with Crippen LogP contribution in [0, 0.1) is 0 Å². The molecule has 0 amide bonds. The first kappa shape index (κ1) is 19.2. The van der Waals surface area contributed by atoms with Gasteiger partial charge in [-0.3, -0.25) is 4.79 Å². The summed E-state index contributed by atoms with van der Waals surface area (Å²) >= 11 is 3.25. The summed E-state index contributed by atoms with van der Waals surface area (Å²) in [5, 5.41) is 9.27. The quantitative estimate of drug-likeness (QED) is 0.682. The standard InChI is InChI=1S/C20H21BrO4/c1-3-13(2)17-6-4-5-7-19(17)25-12-16(22)10-14-8-9-15(21)11-18(14)20(23)24/h4-9,11,13H,3,10,12H2,1-2H3,(H,23,24). The van der Waals surface area contributed by atoms with Crippen molar-refractivity contribution in [2.45, 2.75) is 32.6 Å². The molecule has 132 valence electrons. The molecule has 0 fully saturated rings. The summed E-state index contributed by atoms with van der Waals surface area (Å²) in [5.74, 6) is -0.160. The van der Waals surface area contributed by atoms with Gasteiger partial charge < -0.3 is 9.84 Å². The fraction of sp³-hybridized carbons (Fsp3) is 0.300. The van der Waals surface area contributed by atoms with E-state index in [1.807, 2.05) is 24.3 Å². The number of carbonyl (C=O) groups is 2. The van der Waals surface area contributed by atoms with Gasteiger partial charge in [-0.15, -0.1) is 0 Å². The minimum Gasteiger partial charge on any atom is -0.486 e. The van der Waals surface area contributed by atoms with E-state index in [9.17, 15) is 14.7 Å². The average molecular weight is 405 g/mol. The third-order valence-corrected chi connectivity index (χ3v) is 4.63. The lowest BCUT2D eigenvalue weighted by molar-refractivity contribution is -0.120. The topological polar surface area (TPSA) is 63.6 Å². The molecule has 0 aliphatic carbocycles. The summed E-state index contributed by atoms with van der Waals surface area (Å²) in [7, 11) is 0. The molecule has 0 aliphatic heterocycles. The van der Waals surface area contributed by atoms with E-state index in [0.29, 0.717) is 21.7 Å². The van der Waals surface area contributed by atoms with Crippen LogP contribution in [-0.2, 0) is 11.2 Å². The number of carbonyl (C=O) groups excluding carboxylic acids is 1. The highest BCUT2D eigenvalue weighted by Gasteiger charge is 2.15. The van der Waals surface area contributed by atoms with Crippen LogP contribution in [0.5, 0.6) is 5.75 Å². The van der Waals surface area contributed by atoms with E-state index in [1.54, 1.807) is 12.1 Å². The third kappa shape index (κ3) is 5.16. The Balaban J connectivity index is 2.07. The molecule has 25 heavy (non-hydrogen) atoms. The van der Waals surface area contributed by atoms with Gasteiger partial charge in [0.1, 0.15) is 12.4 Å². The monoisotopic (exact) mass is 404 g/mol. The molecule has 0 aromatic heterocycles. The molecule has 0 spiro atoms. The average Bonchev–Trinajstić information content (AvgIpc) is 2.61. The lowest BCUT2D eigenvalue weighted by Crippen LogP contribution is -2.16. The van der Waals surface area contributed by atoms with Crippen LogP contribution in [0.3, 0.4) is 0 Å². The van der Waals surface area contributed by atoms with Crippen LogP contribution >= 0.6 is 15.9 Å². The largest absolute Gasteiger partial charge is 0.486 e. The summed E-state index contributed by atoms with van der Waals surface area (Å²) in [6, 6.07) is 12.6. The number of para-hydroxylation sites is 1. The van der Waals surface area contributed by atoms with Crippen LogP contribution in [0.4, 0.5) is 0 Å². The highest BCUT2D eigenvalue weighted by molar-refractivity contribution is 9.10. The molecule has 4 nitrogen and oxygen atoms in total. The summed E-state index contributed by atoms with van der Waals surface area (Å²) in [4.78, 5) is 23.6. The van der Waals surface area contributed by atoms with Crippen LogP contribution < -0.4 is 4.74 Å². The van der Waals surface area contributed by atoms with Crippen LogP contribution in [0.25, 0.3) is 0 Å². The number of ketones is 1. The summed E-state index contributed by atoms with van der Waals surface area (Å²) < 4.78 is 6.38. The van der Waals surface area contributed by atoms with E-state index in [-0.39, 0.29) is 24.4 Å². The Morgan fingerprint density at radius 3 is 2.60 bits per heavy atom. The fourth-order valence-electron chi connectivity index (χ4n) is 2.56. The smallest absolute Gasteiger partial charge is 0.336 e. The molecule has 0 saturated carbocycles. The Labute approximate surface area is 156 Å². The van der Waals surface area contributed by atoms with Crippen molar-refractivity contribution < 1.29 is 19.4 Å². The second-order valence-corrected chi connectivity index (χ2v) is 6.87. The molecule has 2 aromatic carbocycles. The summed E-state index contributed by atoms with van der Waals surface area (Å²) in [5.41, 5.74) is 1.69. The van der Waals surface area contributed by atoms with Gasteiger partial charge in [0.05, 0.1) is 5.56 Å². The van der Waals surface area contributed by atoms with E-state index < -0.39 is 5.97 Å². The lowest BCUT2D eigenvalue weighted by atomic mass is 9.98. The van der Waals surface area contributed by atoms with Crippen molar-refractivity contribution in [3.8, 4) is 5.75 Å². The number of halogens is 1. The van der Waals surface area contributed by atoms with Gasteiger partial charge in [0.15, 0.2) is 5.78 Å². The molecule has 0 radical (unpaired) electrons. The normalized spacial score (nSPS) is 11.8. The molecular formula is C20H21BrO4. The minimum absolute atomic E-state index is 0.0282. The molecule has 0 aliphatic rings.